The molecule has 0 spiro atoms. The van der Waals surface area contributed by atoms with Gasteiger partial charge < -0.3 is 69.8 Å². The van der Waals surface area contributed by atoms with Crippen LogP contribution >= 0.6 is 0 Å². The molecule has 0 radical (unpaired) electrons. The van der Waals surface area contributed by atoms with Gasteiger partial charge in [-0.3, -0.25) is 28.8 Å². The SMILES string of the molecule is CC1=C(/C=C/C(C)=C/C=C/C(C)=C/C(=O)NCC(=O)NCCOCCOCCNC(=O)CCOCCOCCOCCOCCC(=O)NCCOCCOCCNC(=O)CNC(=O)/C=C(C)/C=C/C=C(C)/C=C/C2=C(C)CCCC2(C)C)C(C)(C)CCC1. The molecule has 0 aromatic heterocycles. The van der Waals surface area contributed by atoms with E-state index < -0.39 is 0 Å². The molecular formula is C68H108N6O14. The van der Waals surface area contributed by atoms with Crippen molar-refractivity contribution in [1.82, 2.24) is 31.9 Å². The Balaban J connectivity index is 1.30. The second-order valence-corrected chi connectivity index (χ2v) is 23.1. The van der Waals surface area contributed by atoms with Crippen LogP contribution in [0.3, 0.4) is 0 Å². The van der Waals surface area contributed by atoms with E-state index in [1.165, 1.54) is 60.1 Å². The molecule has 88 heavy (non-hydrogen) atoms. The number of hydrogen-bond acceptors (Lipinski definition) is 14. The molecule has 2 aliphatic carbocycles. The lowest BCUT2D eigenvalue weighted by atomic mass is 9.72. The highest BCUT2D eigenvalue weighted by Crippen LogP contribution is 2.42. The van der Waals surface area contributed by atoms with Gasteiger partial charge in [-0.15, -0.1) is 0 Å². The van der Waals surface area contributed by atoms with Crippen LogP contribution in [0.15, 0.2) is 117 Å². The van der Waals surface area contributed by atoms with Gasteiger partial charge in [0.1, 0.15) is 0 Å². The van der Waals surface area contributed by atoms with Gasteiger partial charge in [-0.25, -0.2) is 0 Å². The van der Waals surface area contributed by atoms with Gasteiger partial charge in [0.05, 0.1) is 119 Å². The minimum Gasteiger partial charge on any atom is -0.379 e. The Morgan fingerprint density at radius 1 is 0.386 bits per heavy atom. The van der Waals surface area contributed by atoms with Gasteiger partial charge in [-0.05, 0) is 113 Å². The maximum absolute atomic E-state index is 12.3. The van der Waals surface area contributed by atoms with Gasteiger partial charge in [-0.2, -0.15) is 0 Å². The largest absolute Gasteiger partial charge is 0.379 e. The predicted octanol–water partition coefficient (Wildman–Crippen LogP) is 7.66. The highest BCUT2D eigenvalue weighted by molar-refractivity contribution is 5.92. The quantitative estimate of drug-likeness (QED) is 0.0195. The van der Waals surface area contributed by atoms with Crippen LogP contribution in [-0.2, 0) is 66.7 Å². The lowest BCUT2D eigenvalue weighted by Crippen LogP contribution is -2.37. The zero-order chi connectivity index (χ0) is 64.7. The molecule has 0 aromatic carbocycles. The van der Waals surface area contributed by atoms with Crippen molar-refractivity contribution in [3.05, 3.63) is 117 Å². The molecule has 2 aliphatic rings. The minimum absolute atomic E-state index is 0.143. The van der Waals surface area contributed by atoms with Crippen molar-refractivity contribution in [3.63, 3.8) is 0 Å². The lowest BCUT2D eigenvalue weighted by molar-refractivity contribution is -0.124. The zero-order valence-electron chi connectivity index (χ0n) is 54.9. The Kier molecular flexibility index (Phi) is 42.4. The lowest BCUT2D eigenvalue weighted by Gasteiger charge is -2.33. The number of nitrogens with one attached hydrogen (secondary N) is 6. The molecular weight excluding hydrogens is 1120 g/mol. The summed E-state index contributed by atoms with van der Waals surface area (Å²) in [6, 6.07) is 0. The first-order chi connectivity index (χ1) is 42.2. The van der Waals surface area contributed by atoms with E-state index in [0.717, 1.165) is 35.1 Å². The van der Waals surface area contributed by atoms with E-state index in [-0.39, 0.29) is 112 Å². The Labute approximate surface area is 525 Å². The van der Waals surface area contributed by atoms with Gasteiger partial charge >= 0.3 is 0 Å². The third-order valence-electron chi connectivity index (χ3n) is 14.2. The Morgan fingerprint density at radius 2 is 0.682 bits per heavy atom. The summed E-state index contributed by atoms with van der Waals surface area (Å²) in [5, 5.41) is 16.2. The smallest absolute Gasteiger partial charge is 0.244 e. The number of allylic oxidation sites excluding steroid dienone is 18. The average molecular weight is 1230 g/mol. The van der Waals surface area contributed by atoms with Gasteiger partial charge in [0.2, 0.25) is 35.4 Å². The molecule has 0 unspecified atom stereocenters. The van der Waals surface area contributed by atoms with E-state index in [0.29, 0.717) is 92.4 Å². The zero-order valence-corrected chi connectivity index (χ0v) is 54.9. The predicted molar refractivity (Wildman–Crippen MR) is 346 cm³/mol. The van der Waals surface area contributed by atoms with Gasteiger partial charge in [0, 0.05) is 51.2 Å². The average Bonchev–Trinajstić information content (AvgIpc) is 3.66. The summed E-state index contributed by atoms with van der Waals surface area (Å²) < 4.78 is 43.9. The Hall–Kier alpha value is -6.10. The third kappa shape index (κ3) is 40.4. The first-order valence-corrected chi connectivity index (χ1v) is 31.3. The number of hydrogen-bond donors (Lipinski definition) is 6. The highest BCUT2D eigenvalue weighted by Gasteiger charge is 2.27. The fourth-order valence-corrected chi connectivity index (χ4v) is 9.30. The standard InChI is InChI=1S/C68H108N6O14/c1-53(21-23-59-57(5)19-13-27-67(59,7)8)15-11-17-55(3)49-63(77)73-51-65(79)71-31-37-85-43-41-83-35-29-69-61(75)25-33-81-39-45-87-47-48-88-46-40-82-34-26-62(76)70-30-36-84-42-44-86-38-32-72-66(80)52-74-64(78)50-56(4)18-12-16-54(2)22-24-60-58(6)20-14-28-68(60,9)10/h11-12,15-18,21-24,49-50H,13-14,19-20,25-48,51-52H2,1-10H3,(H,69,75)(H,70,76)(H,71,79)(H,72,80)(H,73,77)(H,74,78)/b17-11+,18-12+,23-21+,24-22+,53-15+,54-16+,55-49+,56-50+. The molecule has 6 N–H and O–H groups in total. The minimum atomic E-state index is -0.349. The van der Waals surface area contributed by atoms with Crippen LogP contribution in [0.2, 0.25) is 0 Å². The summed E-state index contributed by atoms with van der Waals surface area (Å²) >= 11 is 0. The number of amides is 6. The second kappa shape index (κ2) is 47.8. The fourth-order valence-electron chi connectivity index (χ4n) is 9.30. The van der Waals surface area contributed by atoms with Crippen LogP contribution in [0.1, 0.15) is 121 Å². The molecule has 0 heterocycles. The van der Waals surface area contributed by atoms with E-state index >= 15 is 0 Å². The Bertz CT molecular complexity index is 2280. The summed E-state index contributed by atoms with van der Waals surface area (Å²) in [5.74, 6) is -1.64. The molecule has 2 rings (SSSR count). The van der Waals surface area contributed by atoms with Gasteiger partial charge in [-0.1, -0.05) is 111 Å². The highest BCUT2D eigenvalue weighted by atomic mass is 16.6. The first kappa shape index (κ1) is 78.0. The van der Waals surface area contributed by atoms with Crippen LogP contribution in [0.5, 0.6) is 0 Å². The van der Waals surface area contributed by atoms with Crippen LogP contribution in [0, 0.1) is 10.8 Å². The fraction of sp³-hybridized carbons (Fsp3) is 0.618. The number of carbonyl (C=O) groups excluding carboxylic acids is 6. The molecule has 0 saturated carbocycles. The molecule has 0 atom stereocenters. The van der Waals surface area contributed by atoms with Gasteiger partial charge in [0.25, 0.3) is 0 Å². The molecule has 0 saturated heterocycles. The van der Waals surface area contributed by atoms with E-state index in [9.17, 15) is 28.8 Å². The molecule has 20 heteroatoms. The molecule has 6 amide bonds. The molecule has 0 fully saturated rings. The van der Waals surface area contributed by atoms with E-state index in [1.54, 1.807) is 0 Å². The number of carbonyl (C=O) groups is 6. The summed E-state index contributed by atoms with van der Waals surface area (Å²) in [5.41, 5.74) is 9.92. The van der Waals surface area contributed by atoms with E-state index in [1.807, 2.05) is 50.3 Å². The summed E-state index contributed by atoms with van der Waals surface area (Å²) in [6.45, 7) is 27.6. The van der Waals surface area contributed by atoms with Crippen molar-refractivity contribution in [2.24, 2.45) is 10.8 Å². The summed E-state index contributed by atoms with van der Waals surface area (Å²) in [7, 11) is 0. The number of rotatable bonds is 47. The third-order valence-corrected chi connectivity index (χ3v) is 14.2. The van der Waals surface area contributed by atoms with E-state index in [2.05, 4.69) is 112 Å². The molecule has 0 aromatic rings. The summed E-state index contributed by atoms with van der Waals surface area (Å²) in [6.07, 6.45) is 30.8. The monoisotopic (exact) mass is 1230 g/mol. The van der Waals surface area contributed by atoms with Crippen molar-refractivity contribution in [2.75, 3.05) is 145 Å². The van der Waals surface area contributed by atoms with Crippen molar-refractivity contribution < 1.29 is 66.7 Å². The van der Waals surface area contributed by atoms with Crippen LogP contribution in [0.25, 0.3) is 0 Å². The molecule has 494 valence electrons. The van der Waals surface area contributed by atoms with Crippen molar-refractivity contribution in [3.8, 4) is 0 Å². The maximum atomic E-state index is 12.3. The van der Waals surface area contributed by atoms with Crippen LogP contribution in [-0.4, -0.2) is 180 Å². The normalized spacial score (nSPS) is 15.9. The topological polar surface area (TPSA) is 248 Å². The molecule has 0 aliphatic heterocycles. The second-order valence-electron chi connectivity index (χ2n) is 23.1. The molecule has 20 nitrogen and oxygen atoms in total. The van der Waals surface area contributed by atoms with Gasteiger partial charge in [0.15, 0.2) is 0 Å². The van der Waals surface area contributed by atoms with Crippen LogP contribution in [0.4, 0.5) is 0 Å². The number of ether oxygens (including phenoxy) is 8. The maximum Gasteiger partial charge on any atom is 0.244 e. The van der Waals surface area contributed by atoms with Crippen LogP contribution < -0.4 is 31.9 Å². The first-order valence-electron chi connectivity index (χ1n) is 31.3. The summed E-state index contributed by atoms with van der Waals surface area (Å²) in [4.78, 5) is 73.0. The molecule has 0 bridgehead atoms. The van der Waals surface area contributed by atoms with E-state index in [4.69, 9.17) is 37.9 Å². The van der Waals surface area contributed by atoms with Crippen molar-refractivity contribution >= 4 is 35.4 Å². The van der Waals surface area contributed by atoms with Crippen molar-refractivity contribution in [2.45, 2.75) is 121 Å². The Morgan fingerprint density at radius 3 is 1.00 bits per heavy atom. The van der Waals surface area contributed by atoms with Crippen molar-refractivity contribution in [1.29, 1.82) is 0 Å².